The molecule has 2 amide bonds. The van der Waals surface area contributed by atoms with Crippen LogP contribution in [0.15, 0.2) is 30.3 Å². The molecular weight excluding hydrogens is 350 g/mol. The van der Waals surface area contributed by atoms with E-state index < -0.39 is 0 Å². The highest BCUT2D eigenvalue weighted by Gasteiger charge is 2.27. The summed E-state index contributed by atoms with van der Waals surface area (Å²) >= 11 is 0. The smallest absolute Gasteiger partial charge is 0.270 e. The average Bonchev–Trinajstić information content (AvgIpc) is 2.96. The zero-order valence-corrected chi connectivity index (χ0v) is 17.3. The summed E-state index contributed by atoms with van der Waals surface area (Å²) in [6.45, 7) is 9.47. The second-order valence-corrected chi connectivity index (χ2v) is 8.01. The molecule has 5 nitrogen and oxygen atoms in total. The van der Waals surface area contributed by atoms with Gasteiger partial charge in [0.05, 0.1) is 6.04 Å². The maximum Gasteiger partial charge on any atom is 0.270 e. The third-order valence-electron chi connectivity index (χ3n) is 6.08. The maximum atomic E-state index is 12.8. The van der Waals surface area contributed by atoms with E-state index in [0.29, 0.717) is 31.1 Å². The van der Waals surface area contributed by atoms with E-state index in [1.807, 2.05) is 62.9 Å². The average molecular weight is 382 g/mol. The number of benzene rings is 1. The van der Waals surface area contributed by atoms with Crippen LogP contribution in [0.1, 0.15) is 65.1 Å². The number of H-pyrrole nitrogens is 1. The van der Waals surface area contributed by atoms with E-state index in [0.717, 1.165) is 35.2 Å². The zero-order chi connectivity index (χ0) is 20.3. The summed E-state index contributed by atoms with van der Waals surface area (Å²) < 4.78 is 0. The van der Waals surface area contributed by atoms with Crippen LogP contribution in [-0.2, 0) is 4.79 Å². The van der Waals surface area contributed by atoms with Gasteiger partial charge < -0.3 is 15.2 Å². The minimum absolute atomic E-state index is 0.0118. The first kappa shape index (κ1) is 20.2. The summed E-state index contributed by atoms with van der Waals surface area (Å²) in [4.78, 5) is 30.4. The zero-order valence-electron chi connectivity index (χ0n) is 17.3. The van der Waals surface area contributed by atoms with Gasteiger partial charge >= 0.3 is 0 Å². The van der Waals surface area contributed by atoms with Crippen LogP contribution in [0.25, 0.3) is 0 Å². The van der Waals surface area contributed by atoms with Crippen molar-refractivity contribution in [2.24, 2.45) is 5.92 Å². The second-order valence-electron chi connectivity index (χ2n) is 8.01. The molecule has 0 spiro atoms. The molecule has 1 aliphatic rings. The van der Waals surface area contributed by atoms with Crippen molar-refractivity contribution in [2.75, 3.05) is 13.1 Å². The molecular formula is C23H31N3O2. The van der Waals surface area contributed by atoms with Crippen LogP contribution in [-0.4, -0.2) is 34.8 Å². The Hall–Kier alpha value is -2.56. The van der Waals surface area contributed by atoms with Gasteiger partial charge in [0.15, 0.2) is 0 Å². The van der Waals surface area contributed by atoms with E-state index >= 15 is 0 Å². The van der Waals surface area contributed by atoms with Crippen LogP contribution >= 0.6 is 0 Å². The number of hydrogen-bond donors (Lipinski definition) is 2. The molecule has 1 atom stereocenters. The minimum atomic E-state index is 0.0118. The summed E-state index contributed by atoms with van der Waals surface area (Å²) in [5, 5.41) is 3.10. The van der Waals surface area contributed by atoms with Gasteiger partial charge in [0.2, 0.25) is 5.91 Å². The first-order valence-electron chi connectivity index (χ1n) is 10.2. The Kier molecular flexibility index (Phi) is 6.22. The lowest BCUT2D eigenvalue weighted by molar-refractivity contribution is -0.122. The Morgan fingerprint density at radius 1 is 1.11 bits per heavy atom. The molecule has 0 radical (unpaired) electrons. The summed E-state index contributed by atoms with van der Waals surface area (Å²) in [7, 11) is 0. The van der Waals surface area contributed by atoms with Crippen molar-refractivity contribution in [2.45, 2.75) is 53.0 Å². The summed E-state index contributed by atoms with van der Waals surface area (Å²) in [5.74, 6) is 0.502. The van der Waals surface area contributed by atoms with Gasteiger partial charge in [0, 0.05) is 25.2 Å². The van der Waals surface area contributed by atoms with E-state index in [1.165, 1.54) is 0 Å². The fourth-order valence-electron chi connectivity index (χ4n) is 3.94. The van der Waals surface area contributed by atoms with Gasteiger partial charge in [0.1, 0.15) is 5.69 Å². The van der Waals surface area contributed by atoms with Crippen molar-refractivity contribution in [3.63, 3.8) is 0 Å². The van der Waals surface area contributed by atoms with E-state index in [9.17, 15) is 9.59 Å². The summed E-state index contributed by atoms with van der Waals surface area (Å²) in [6.07, 6.45) is 2.27. The minimum Gasteiger partial charge on any atom is -0.354 e. The van der Waals surface area contributed by atoms with Crippen LogP contribution in [0.4, 0.5) is 0 Å². The Bertz CT molecular complexity index is 833. The number of hydrogen-bond acceptors (Lipinski definition) is 2. The van der Waals surface area contributed by atoms with Gasteiger partial charge in [-0.25, -0.2) is 0 Å². The fraction of sp³-hybridized carbons (Fsp3) is 0.478. The molecule has 0 unspecified atom stereocenters. The maximum absolute atomic E-state index is 12.8. The molecule has 1 saturated heterocycles. The SMILES string of the molecule is Cc1[nH]c(C(=O)N2CCC(CC(=O)N[C@@H](C)c3ccccc3)CC2)c(C)c1C. The number of likely N-dealkylation sites (tertiary alicyclic amines) is 1. The molecule has 2 heterocycles. The summed E-state index contributed by atoms with van der Waals surface area (Å²) in [5.41, 5.74) is 5.08. The third kappa shape index (κ3) is 4.46. The third-order valence-corrected chi connectivity index (χ3v) is 6.08. The number of nitrogens with one attached hydrogen (secondary N) is 2. The van der Waals surface area contributed by atoms with E-state index in [4.69, 9.17) is 0 Å². The number of aryl methyl sites for hydroxylation is 1. The van der Waals surface area contributed by atoms with Gasteiger partial charge in [-0.05, 0) is 63.1 Å². The number of rotatable bonds is 5. The van der Waals surface area contributed by atoms with E-state index in [1.54, 1.807) is 0 Å². The lowest BCUT2D eigenvalue weighted by Crippen LogP contribution is -2.40. The normalized spacial score (nSPS) is 16.1. The van der Waals surface area contributed by atoms with Gasteiger partial charge in [0.25, 0.3) is 5.91 Å². The highest BCUT2D eigenvalue weighted by atomic mass is 16.2. The fourth-order valence-corrected chi connectivity index (χ4v) is 3.94. The second kappa shape index (κ2) is 8.63. The monoisotopic (exact) mass is 381 g/mol. The molecule has 28 heavy (non-hydrogen) atoms. The van der Waals surface area contributed by atoms with Crippen LogP contribution in [0, 0.1) is 26.7 Å². The quantitative estimate of drug-likeness (QED) is 0.820. The molecule has 5 heteroatoms. The first-order chi connectivity index (χ1) is 13.4. The topological polar surface area (TPSA) is 65.2 Å². The van der Waals surface area contributed by atoms with Crippen LogP contribution < -0.4 is 5.32 Å². The molecule has 0 bridgehead atoms. The summed E-state index contributed by atoms with van der Waals surface area (Å²) in [6, 6.07) is 10.0. The predicted octanol–water partition coefficient (Wildman–Crippen LogP) is 4.06. The molecule has 1 aromatic carbocycles. The molecule has 3 rings (SSSR count). The molecule has 1 aliphatic heterocycles. The highest BCUT2D eigenvalue weighted by molar-refractivity contribution is 5.94. The molecule has 2 N–H and O–H groups in total. The molecule has 1 fully saturated rings. The van der Waals surface area contributed by atoms with Gasteiger partial charge in [-0.2, -0.15) is 0 Å². The predicted molar refractivity (Wildman–Crippen MR) is 111 cm³/mol. The molecule has 1 aromatic heterocycles. The van der Waals surface area contributed by atoms with Gasteiger partial charge in [-0.15, -0.1) is 0 Å². The molecule has 0 aliphatic carbocycles. The van der Waals surface area contributed by atoms with E-state index in [-0.39, 0.29) is 17.9 Å². The van der Waals surface area contributed by atoms with Crippen LogP contribution in [0.2, 0.25) is 0 Å². The van der Waals surface area contributed by atoms with Crippen molar-refractivity contribution < 1.29 is 9.59 Å². The van der Waals surface area contributed by atoms with Crippen molar-refractivity contribution in [1.29, 1.82) is 0 Å². The Morgan fingerprint density at radius 2 is 1.75 bits per heavy atom. The van der Waals surface area contributed by atoms with Crippen molar-refractivity contribution in [3.8, 4) is 0 Å². The van der Waals surface area contributed by atoms with Crippen molar-refractivity contribution in [1.82, 2.24) is 15.2 Å². The first-order valence-corrected chi connectivity index (χ1v) is 10.2. The number of piperidine rings is 1. The standard InChI is InChI=1S/C23H31N3O2/c1-15-16(2)22(25-17(15)3)23(28)26-12-10-19(11-13-26)14-21(27)24-18(4)20-8-6-5-7-9-20/h5-9,18-19,25H,10-14H2,1-4H3,(H,24,27)/t18-/m0/s1. The lowest BCUT2D eigenvalue weighted by atomic mass is 9.92. The number of carbonyl (C=O) groups is 2. The van der Waals surface area contributed by atoms with Crippen molar-refractivity contribution in [3.05, 3.63) is 58.4 Å². The number of aromatic amines is 1. The van der Waals surface area contributed by atoms with Crippen LogP contribution in [0.3, 0.4) is 0 Å². The Balaban J connectivity index is 1.49. The van der Waals surface area contributed by atoms with Gasteiger partial charge in [-0.3, -0.25) is 9.59 Å². The Labute approximate surface area is 167 Å². The molecule has 0 saturated carbocycles. The lowest BCUT2D eigenvalue weighted by Gasteiger charge is -2.32. The number of aromatic nitrogens is 1. The largest absolute Gasteiger partial charge is 0.354 e. The number of nitrogens with zero attached hydrogens (tertiary/aromatic N) is 1. The van der Waals surface area contributed by atoms with Crippen LogP contribution in [0.5, 0.6) is 0 Å². The molecule has 150 valence electrons. The molecule has 2 aromatic rings. The highest BCUT2D eigenvalue weighted by Crippen LogP contribution is 2.24. The van der Waals surface area contributed by atoms with Crippen molar-refractivity contribution >= 4 is 11.8 Å². The van der Waals surface area contributed by atoms with E-state index in [2.05, 4.69) is 10.3 Å². The van der Waals surface area contributed by atoms with Gasteiger partial charge in [-0.1, -0.05) is 30.3 Å². The number of amides is 2. The Morgan fingerprint density at radius 3 is 2.32 bits per heavy atom. The number of carbonyl (C=O) groups excluding carboxylic acids is 2.